The second-order valence-electron chi connectivity index (χ2n) is 10.3. The number of likely N-dealkylation sites (tertiary alicyclic amines) is 1. The molecule has 0 bridgehead atoms. The number of hydrogen-bond donors (Lipinski definition) is 2. The van der Waals surface area contributed by atoms with Gasteiger partial charge >= 0.3 is 0 Å². The molecule has 2 atom stereocenters. The molecule has 3 aliphatic rings. The van der Waals surface area contributed by atoms with Gasteiger partial charge in [0.15, 0.2) is 11.5 Å². The van der Waals surface area contributed by atoms with Crippen LogP contribution in [-0.2, 0) is 9.59 Å². The molecular formula is C26H38N4O5. The van der Waals surface area contributed by atoms with E-state index in [9.17, 15) is 19.5 Å². The summed E-state index contributed by atoms with van der Waals surface area (Å²) in [6.07, 6.45) is 3.40. The number of nitrogens with zero attached hydrogens (tertiary/aromatic N) is 3. The van der Waals surface area contributed by atoms with Crippen LogP contribution in [0, 0.1) is 11.8 Å². The Bertz CT molecular complexity index is 948. The lowest BCUT2D eigenvalue weighted by Gasteiger charge is -2.34. The third-order valence-electron chi connectivity index (χ3n) is 7.46. The van der Waals surface area contributed by atoms with Crippen molar-refractivity contribution in [2.24, 2.45) is 11.8 Å². The van der Waals surface area contributed by atoms with Crippen LogP contribution in [0.4, 0.5) is 0 Å². The average molecular weight is 487 g/mol. The summed E-state index contributed by atoms with van der Waals surface area (Å²) >= 11 is 0. The third-order valence-corrected chi connectivity index (χ3v) is 7.46. The summed E-state index contributed by atoms with van der Waals surface area (Å²) < 4.78 is 5.10. The molecule has 0 radical (unpaired) electrons. The fourth-order valence-corrected chi connectivity index (χ4v) is 5.20. The topological polar surface area (TPSA) is 102 Å². The molecule has 0 spiro atoms. The zero-order chi connectivity index (χ0) is 25.1. The number of amides is 3. The van der Waals surface area contributed by atoms with E-state index >= 15 is 0 Å². The molecule has 3 fully saturated rings. The number of benzene rings is 1. The molecule has 192 valence electrons. The number of carbonyl (C=O) groups is 3. The minimum Gasteiger partial charge on any atom is -0.504 e. The molecule has 9 heteroatoms. The Balaban J connectivity index is 1.42. The van der Waals surface area contributed by atoms with Crippen molar-refractivity contribution in [1.82, 2.24) is 20.0 Å². The highest BCUT2D eigenvalue weighted by Gasteiger charge is 2.39. The van der Waals surface area contributed by atoms with Crippen LogP contribution in [0.1, 0.15) is 49.9 Å². The number of ether oxygens (including phenoxy) is 1. The lowest BCUT2D eigenvalue weighted by molar-refractivity contribution is -0.139. The Morgan fingerprint density at radius 1 is 1.20 bits per heavy atom. The van der Waals surface area contributed by atoms with Gasteiger partial charge in [0, 0.05) is 56.8 Å². The van der Waals surface area contributed by atoms with Crippen molar-refractivity contribution in [3.8, 4) is 11.5 Å². The molecule has 4 rings (SSSR count). The molecule has 35 heavy (non-hydrogen) atoms. The van der Waals surface area contributed by atoms with Gasteiger partial charge in [0.05, 0.1) is 13.7 Å². The van der Waals surface area contributed by atoms with Gasteiger partial charge in [-0.1, -0.05) is 0 Å². The molecule has 2 aliphatic heterocycles. The highest BCUT2D eigenvalue weighted by Crippen LogP contribution is 2.31. The second kappa shape index (κ2) is 10.8. The predicted octanol–water partition coefficient (Wildman–Crippen LogP) is 1.70. The van der Waals surface area contributed by atoms with Gasteiger partial charge in [0.1, 0.15) is 0 Å². The number of methoxy groups -OCH3 is 1. The van der Waals surface area contributed by atoms with Gasteiger partial charge in [-0.2, -0.15) is 0 Å². The Kier molecular flexibility index (Phi) is 7.84. The fraction of sp³-hybridized carbons (Fsp3) is 0.654. The second-order valence-corrected chi connectivity index (χ2v) is 10.3. The van der Waals surface area contributed by atoms with Crippen LogP contribution < -0.4 is 10.1 Å². The molecule has 2 N–H and O–H groups in total. The van der Waals surface area contributed by atoms with Gasteiger partial charge < -0.3 is 29.9 Å². The van der Waals surface area contributed by atoms with E-state index in [0.29, 0.717) is 37.4 Å². The molecule has 0 unspecified atom stereocenters. The van der Waals surface area contributed by atoms with E-state index in [1.54, 1.807) is 17.0 Å². The van der Waals surface area contributed by atoms with Crippen LogP contribution in [0.25, 0.3) is 0 Å². The molecule has 1 saturated carbocycles. The highest BCUT2D eigenvalue weighted by atomic mass is 16.5. The Hall–Kier alpha value is -2.81. The summed E-state index contributed by atoms with van der Waals surface area (Å²) in [5, 5.41) is 13.6. The summed E-state index contributed by atoms with van der Waals surface area (Å²) in [6.45, 7) is 7.63. The molecule has 1 aromatic carbocycles. The van der Waals surface area contributed by atoms with Crippen molar-refractivity contribution in [2.75, 3.05) is 46.4 Å². The summed E-state index contributed by atoms with van der Waals surface area (Å²) in [5.41, 5.74) is 0.421. The van der Waals surface area contributed by atoms with Gasteiger partial charge in [0.2, 0.25) is 11.8 Å². The van der Waals surface area contributed by atoms with E-state index in [1.165, 1.54) is 13.2 Å². The zero-order valence-electron chi connectivity index (χ0n) is 21.0. The lowest BCUT2D eigenvalue weighted by atomic mass is 9.93. The van der Waals surface area contributed by atoms with Crippen molar-refractivity contribution in [2.45, 2.75) is 51.6 Å². The van der Waals surface area contributed by atoms with Gasteiger partial charge in [-0.05, 0) is 63.1 Å². The molecule has 2 heterocycles. The molecule has 0 aromatic heterocycles. The van der Waals surface area contributed by atoms with Gasteiger partial charge in [-0.25, -0.2) is 0 Å². The minimum absolute atomic E-state index is 0.0182. The van der Waals surface area contributed by atoms with E-state index in [2.05, 4.69) is 5.32 Å². The summed E-state index contributed by atoms with van der Waals surface area (Å²) in [7, 11) is 1.48. The number of rotatable bonds is 10. The lowest BCUT2D eigenvalue weighted by Crippen LogP contribution is -2.47. The maximum absolute atomic E-state index is 13.4. The van der Waals surface area contributed by atoms with Crippen LogP contribution in [-0.4, -0.2) is 96.0 Å². The monoisotopic (exact) mass is 486 g/mol. The van der Waals surface area contributed by atoms with Crippen LogP contribution in [0.15, 0.2) is 18.2 Å². The summed E-state index contributed by atoms with van der Waals surface area (Å²) in [5.74, 6) is 0.689. The molecule has 1 aliphatic carbocycles. The van der Waals surface area contributed by atoms with Gasteiger partial charge in [0.25, 0.3) is 5.91 Å². The van der Waals surface area contributed by atoms with Crippen molar-refractivity contribution >= 4 is 17.7 Å². The van der Waals surface area contributed by atoms with Crippen molar-refractivity contribution in [1.29, 1.82) is 0 Å². The predicted molar refractivity (Wildman–Crippen MR) is 131 cm³/mol. The molecule has 2 saturated heterocycles. The average Bonchev–Trinajstić information content (AvgIpc) is 3.45. The van der Waals surface area contributed by atoms with E-state index in [4.69, 9.17) is 4.74 Å². The Morgan fingerprint density at radius 2 is 1.91 bits per heavy atom. The quantitative estimate of drug-likeness (QED) is 0.522. The fourth-order valence-electron chi connectivity index (χ4n) is 5.20. The van der Waals surface area contributed by atoms with Gasteiger partial charge in [-0.3, -0.25) is 14.4 Å². The smallest absolute Gasteiger partial charge is 0.254 e. The number of phenols is 1. The first-order valence-corrected chi connectivity index (χ1v) is 12.7. The SMILES string of the molecule is COc1ccc(C(=O)N(C[C@@H]2CNC[C@H]2CN(C(=O)CN2CCCC2=O)C2CC2)C(C)C)cc1O. The van der Waals surface area contributed by atoms with Crippen LogP contribution >= 0.6 is 0 Å². The standard InChI is InChI=1S/C26H38N4O5/c1-17(2)29(26(34)18-6-9-23(35-3)22(31)11-18)14-19-12-27-13-20(19)15-30(21-7-8-21)25(33)16-28-10-4-5-24(28)32/h6,9,11,17,19-21,27,31H,4-5,7-8,10,12-16H2,1-3H3/t19-,20-/m0/s1. The molecular weight excluding hydrogens is 448 g/mol. The number of carbonyl (C=O) groups excluding carboxylic acids is 3. The van der Waals surface area contributed by atoms with Crippen LogP contribution in [0.5, 0.6) is 11.5 Å². The third kappa shape index (κ3) is 5.89. The van der Waals surface area contributed by atoms with Crippen molar-refractivity contribution in [3.63, 3.8) is 0 Å². The van der Waals surface area contributed by atoms with Crippen LogP contribution in [0.2, 0.25) is 0 Å². The molecule has 3 amide bonds. The maximum Gasteiger partial charge on any atom is 0.254 e. The normalized spacial score (nSPS) is 22.1. The van der Waals surface area contributed by atoms with Crippen molar-refractivity contribution in [3.05, 3.63) is 23.8 Å². The Morgan fingerprint density at radius 3 is 2.49 bits per heavy atom. The highest BCUT2D eigenvalue weighted by molar-refractivity contribution is 5.95. The molecule has 9 nitrogen and oxygen atoms in total. The number of phenolic OH excluding ortho intramolecular Hbond substituents is 1. The first kappa shape index (κ1) is 25.3. The van der Waals surface area contributed by atoms with E-state index in [0.717, 1.165) is 32.4 Å². The van der Waals surface area contributed by atoms with Crippen LogP contribution in [0.3, 0.4) is 0 Å². The van der Waals surface area contributed by atoms with E-state index < -0.39 is 0 Å². The largest absolute Gasteiger partial charge is 0.504 e. The Labute approximate surface area is 207 Å². The summed E-state index contributed by atoms with van der Waals surface area (Å²) in [6, 6.07) is 4.98. The van der Waals surface area contributed by atoms with E-state index in [-0.39, 0.29) is 53.9 Å². The maximum atomic E-state index is 13.4. The minimum atomic E-state index is -0.133. The number of hydrogen-bond acceptors (Lipinski definition) is 6. The zero-order valence-corrected chi connectivity index (χ0v) is 21.0. The number of aromatic hydroxyl groups is 1. The first-order valence-electron chi connectivity index (χ1n) is 12.7. The van der Waals surface area contributed by atoms with E-state index in [1.807, 2.05) is 23.6 Å². The summed E-state index contributed by atoms with van der Waals surface area (Å²) in [4.78, 5) is 44.0. The number of nitrogens with one attached hydrogen (secondary N) is 1. The van der Waals surface area contributed by atoms with Gasteiger partial charge in [-0.15, -0.1) is 0 Å². The molecule has 1 aromatic rings. The van der Waals surface area contributed by atoms with Crippen molar-refractivity contribution < 1.29 is 24.2 Å². The first-order chi connectivity index (χ1) is 16.8.